The maximum absolute atomic E-state index is 13.1. The summed E-state index contributed by atoms with van der Waals surface area (Å²) in [5.41, 5.74) is 2.97. The molecular formula is C21H23NO2. The van der Waals surface area contributed by atoms with Crippen LogP contribution in [-0.2, 0) is 11.2 Å². The number of ketones is 1. The van der Waals surface area contributed by atoms with Gasteiger partial charge in [-0.25, -0.2) is 0 Å². The van der Waals surface area contributed by atoms with Crippen LogP contribution in [0.15, 0.2) is 54.6 Å². The van der Waals surface area contributed by atoms with Gasteiger partial charge in [0.25, 0.3) is 5.91 Å². The van der Waals surface area contributed by atoms with Crippen LogP contribution in [0.4, 0.5) is 0 Å². The standard InChI is InChI=1S/C21H23NO2/c1-14(2)19(22-21(24)16-9-4-3-5-10-16)20(23)18-13-12-15-8-6-7-11-17(15)18/h3-11,14,18-19H,12-13H2,1-2H3,(H,22,24)/t18?,19-/m0/s1. The molecule has 1 N–H and O–H groups in total. The Morgan fingerprint density at radius 2 is 1.67 bits per heavy atom. The Morgan fingerprint density at radius 3 is 2.38 bits per heavy atom. The Kier molecular flexibility index (Phi) is 4.79. The summed E-state index contributed by atoms with van der Waals surface area (Å²) in [6, 6.07) is 16.7. The van der Waals surface area contributed by atoms with Crippen molar-refractivity contribution in [3.8, 4) is 0 Å². The van der Waals surface area contributed by atoms with Gasteiger partial charge in [-0.1, -0.05) is 56.3 Å². The smallest absolute Gasteiger partial charge is 0.251 e. The lowest BCUT2D eigenvalue weighted by Gasteiger charge is -2.24. The van der Waals surface area contributed by atoms with Crippen molar-refractivity contribution < 1.29 is 9.59 Å². The van der Waals surface area contributed by atoms with Crippen molar-refractivity contribution in [2.45, 2.75) is 38.6 Å². The van der Waals surface area contributed by atoms with Crippen LogP contribution in [0.2, 0.25) is 0 Å². The minimum atomic E-state index is -0.464. The first kappa shape index (κ1) is 16.4. The van der Waals surface area contributed by atoms with Gasteiger partial charge in [-0.05, 0) is 42.0 Å². The van der Waals surface area contributed by atoms with Crippen molar-refractivity contribution in [1.29, 1.82) is 0 Å². The summed E-state index contributed by atoms with van der Waals surface area (Å²) < 4.78 is 0. The van der Waals surface area contributed by atoms with Crippen LogP contribution >= 0.6 is 0 Å². The molecule has 1 aliphatic carbocycles. The molecule has 3 nitrogen and oxygen atoms in total. The molecule has 0 saturated heterocycles. The molecule has 124 valence electrons. The van der Waals surface area contributed by atoms with Crippen LogP contribution in [0.25, 0.3) is 0 Å². The molecule has 1 unspecified atom stereocenters. The summed E-state index contributed by atoms with van der Waals surface area (Å²) in [6.07, 6.45) is 1.77. The number of carbonyl (C=O) groups excluding carboxylic acids is 2. The summed E-state index contributed by atoms with van der Waals surface area (Å²) in [5.74, 6) is -0.115. The molecule has 3 heteroatoms. The predicted molar refractivity (Wildman–Crippen MR) is 95.0 cm³/mol. The molecule has 0 aromatic heterocycles. The predicted octanol–water partition coefficient (Wildman–Crippen LogP) is 3.74. The van der Waals surface area contributed by atoms with Gasteiger partial charge in [0.15, 0.2) is 5.78 Å². The van der Waals surface area contributed by atoms with Gasteiger partial charge in [-0.2, -0.15) is 0 Å². The van der Waals surface area contributed by atoms with E-state index < -0.39 is 6.04 Å². The Balaban J connectivity index is 1.79. The number of hydrogen-bond donors (Lipinski definition) is 1. The van der Waals surface area contributed by atoms with Gasteiger partial charge < -0.3 is 5.32 Å². The largest absolute Gasteiger partial charge is 0.342 e. The van der Waals surface area contributed by atoms with Crippen LogP contribution in [0.5, 0.6) is 0 Å². The van der Waals surface area contributed by atoms with Gasteiger partial charge in [-0.15, -0.1) is 0 Å². The van der Waals surface area contributed by atoms with Crippen molar-refractivity contribution >= 4 is 11.7 Å². The third kappa shape index (κ3) is 3.25. The Morgan fingerprint density at radius 1 is 1.00 bits per heavy atom. The lowest BCUT2D eigenvalue weighted by Crippen LogP contribution is -2.46. The number of amides is 1. The van der Waals surface area contributed by atoms with E-state index in [4.69, 9.17) is 0 Å². The van der Waals surface area contributed by atoms with Gasteiger partial charge >= 0.3 is 0 Å². The van der Waals surface area contributed by atoms with E-state index in [0.717, 1.165) is 18.4 Å². The highest BCUT2D eigenvalue weighted by Gasteiger charge is 2.35. The molecule has 0 saturated carbocycles. The number of hydrogen-bond acceptors (Lipinski definition) is 2. The first-order chi connectivity index (χ1) is 11.6. The van der Waals surface area contributed by atoms with Gasteiger partial charge in [-0.3, -0.25) is 9.59 Å². The van der Waals surface area contributed by atoms with E-state index in [1.54, 1.807) is 12.1 Å². The lowest BCUT2D eigenvalue weighted by atomic mass is 9.87. The maximum Gasteiger partial charge on any atom is 0.251 e. The SMILES string of the molecule is CC(C)[C@H](NC(=O)c1ccccc1)C(=O)C1CCc2ccccc21. The molecule has 1 aliphatic rings. The fourth-order valence-electron chi connectivity index (χ4n) is 3.45. The third-order valence-electron chi connectivity index (χ3n) is 4.77. The molecule has 1 amide bonds. The van der Waals surface area contributed by atoms with Crippen LogP contribution in [0, 0.1) is 5.92 Å². The van der Waals surface area contributed by atoms with Crippen molar-refractivity contribution in [3.05, 3.63) is 71.3 Å². The quantitative estimate of drug-likeness (QED) is 0.912. The van der Waals surface area contributed by atoms with E-state index in [9.17, 15) is 9.59 Å². The molecule has 0 spiro atoms. The van der Waals surface area contributed by atoms with E-state index in [0.29, 0.717) is 5.56 Å². The number of rotatable bonds is 5. The molecule has 2 aromatic rings. The Bertz CT molecular complexity index is 737. The zero-order chi connectivity index (χ0) is 17.1. The van der Waals surface area contributed by atoms with Crippen molar-refractivity contribution in [2.24, 2.45) is 5.92 Å². The van der Waals surface area contributed by atoms with Gasteiger partial charge in [0, 0.05) is 11.5 Å². The number of benzene rings is 2. The van der Waals surface area contributed by atoms with Gasteiger partial charge in [0.1, 0.15) is 0 Å². The molecule has 0 bridgehead atoms. The monoisotopic (exact) mass is 321 g/mol. The van der Waals surface area contributed by atoms with Crippen molar-refractivity contribution in [1.82, 2.24) is 5.32 Å². The number of carbonyl (C=O) groups is 2. The Hall–Kier alpha value is -2.42. The second kappa shape index (κ2) is 7.00. The van der Waals surface area contributed by atoms with E-state index >= 15 is 0 Å². The summed E-state index contributed by atoms with van der Waals surface area (Å²) in [6.45, 7) is 3.96. The van der Waals surface area contributed by atoms with Crippen LogP contribution < -0.4 is 5.32 Å². The summed E-state index contributed by atoms with van der Waals surface area (Å²) in [4.78, 5) is 25.6. The molecule has 0 fully saturated rings. The fraction of sp³-hybridized carbons (Fsp3) is 0.333. The summed E-state index contributed by atoms with van der Waals surface area (Å²) in [7, 11) is 0. The van der Waals surface area contributed by atoms with Crippen molar-refractivity contribution in [2.75, 3.05) is 0 Å². The van der Waals surface area contributed by atoms with Gasteiger partial charge in [0.2, 0.25) is 0 Å². The highest BCUT2D eigenvalue weighted by atomic mass is 16.2. The molecule has 2 aromatic carbocycles. The van der Waals surface area contributed by atoms with E-state index in [1.165, 1.54) is 5.56 Å². The molecule has 0 radical (unpaired) electrons. The number of fused-ring (bicyclic) bond motifs is 1. The van der Waals surface area contributed by atoms with Crippen LogP contribution in [0.1, 0.15) is 47.7 Å². The Labute approximate surface area is 143 Å². The fourth-order valence-corrected chi connectivity index (χ4v) is 3.45. The zero-order valence-electron chi connectivity index (χ0n) is 14.2. The maximum atomic E-state index is 13.1. The van der Waals surface area contributed by atoms with Crippen LogP contribution in [0.3, 0.4) is 0 Å². The lowest BCUT2D eigenvalue weighted by molar-refractivity contribution is -0.123. The third-order valence-corrected chi connectivity index (χ3v) is 4.77. The van der Waals surface area contributed by atoms with E-state index in [2.05, 4.69) is 11.4 Å². The topological polar surface area (TPSA) is 46.2 Å². The minimum Gasteiger partial charge on any atom is -0.342 e. The molecule has 0 heterocycles. The second-order valence-corrected chi connectivity index (χ2v) is 6.75. The van der Waals surface area contributed by atoms with Crippen LogP contribution in [-0.4, -0.2) is 17.7 Å². The number of Topliss-reactive ketones (excluding diaryl/α,β-unsaturated/α-hetero) is 1. The minimum absolute atomic E-state index is 0.0536. The van der Waals surface area contributed by atoms with E-state index in [1.807, 2.05) is 50.2 Å². The number of nitrogens with one attached hydrogen (secondary N) is 1. The number of aryl methyl sites for hydroxylation is 1. The highest BCUT2D eigenvalue weighted by Crippen LogP contribution is 2.35. The molecule has 2 atom stereocenters. The normalized spacial score (nSPS) is 17.4. The average molecular weight is 321 g/mol. The molecule has 24 heavy (non-hydrogen) atoms. The highest BCUT2D eigenvalue weighted by molar-refractivity contribution is 5.99. The second-order valence-electron chi connectivity index (χ2n) is 6.75. The molecular weight excluding hydrogens is 298 g/mol. The van der Waals surface area contributed by atoms with Crippen molar-refractivity contribution in [3.63, 3.8) is 0 Å². The molecule has 0 aliphatic heterocycles. The average Bonchev–Trinajstić information content (AvgIpc) is 3.03. The van der Waals surface area contributed by atoms with Gasteiger partial charge in [0.05, 0.1) is 6.04 Å². The zero-order valence-corrected chi connectivity index (χ0v) is 14.2. The molecule has 3 rings (SSSR count). The summed E-state index contributed by atoms with van der Waals surface area (Å²) >= 11 is 0. The first-order valence-corrected chi connectivity index (χ1v) is 8.55. The summed E-state index contributed by atoms with van der Waals surface area (Å²) in [5, 5.41) is 2.95. The van der Waals surface area contributed by atoms with E-state index in [-0.39, 0.29) is 23.5 Å². The first-order valence-electron chi connectivity index (χ1n) is 8.55.